The van der Waals surface area contributed by atoms with Crippen LogP contribution in [-0.2, 0) is 6.54 Å². The number of rotatable bonds is 8. The number of aromatic amines is 1. The van der Waals surface area contributed by atoms with E-state index >= 15 is 0 Å². The molecule has 0 radical (unpaired) electrons. The molecule has 5 aromatic rings. The molecule has 5 heteroatoms. The Balaban J connectivity index is 1.83. The largest absolute Gasteiger partial charge is 0.370 e. The van der Waals surface area contributed by atoms with Gasteiger partial charge in [0.1, 0.15) is 0 Å². The summed E-state index contributed by atoms with van der Waals surface area (Å²) in [4.78, 5) is 33.2. The van der Waals surface area contributed by atoms with Crippen molar-refractivity contribution >= 4 is 49.3 Å². The molecule has 0 unspecified atom stereocenters. The van der Waals surface area contributed by atoms with Gasteiger partial charge in [-0.1, -0.05) is 44.9 Å². The molecule has 0 saturated carbocycles. The van der Waals surface area contributed by atoms with Crippen molar-refractivity contribution in [3.05, 3.63) is 75.0 Å². The van der Waals surface area contributed by atoms with Gasteiger partial charge in [0.25, 0.3) is 0 Å². The van der Waals surface area contributed by atoms with E-state index < -0.39 is 0 Å². The Morgan fingerprint density at radius 1 is 0.743 bits per heavy atom. The molecule has 0 spiro atoms. The van der Waals surface area contributed by atoms with Gasteiger partial charge in [-0.05, 0) is 56.2 Å². The van der Waals surface area contributed by atoms with E-state index in [-0.39, 0.29) is 10.9 Å². The second kappa shape index (κ2) is 9.57. The number of aromatic nitrogens is 2. The van der Waals surface area contributed by atoms with Crippen molar-refractivity contribution < 1.29 is 0 Å². The first-order chi connectivity index (χ1) is 17.1. The van der Waals surface area contributed by atoms with Gasteiger partial charge in [0.2, 0.25) is 0 Å². The maximum Gasteiger partial charge on any atom is 0.197 e. The number of nitrogens with one attached hydrogen (secondary N) is 1. The fraction of sp³-hybridized carbons (Fsp3) is 0.333. The van der Waals surface area contributed by atoms with Gasteiger partial charge < -0.3 is 14.5 Å². The number of benzene rings is 3. The third kappa shape index (κ3) is 3.89. The summed E-state index contributed by atoms with van der Waals surface area (Å²) in [5.74, 6) is 0. The van der Waals surface area contributed by atoms with Crippen LogP contribution in [0, 0.1) is 0 Å². The first-order valence-electron chi connectivity index (χ1n) is 12.9. The highest BCUT2D eigenvalue weighted by molar-refractivity contribution is 6.05. The van der Waals surface area contributed by atoms with Gasteiger partial charge >= 0.3 is 0 Å². The molecule has 5 nitrogen and oxygen atoms in total. The maximum absolute atomic E-state index is 13.8. The quantitative estimate of drug-likeness (QED) is 0.262. The van der Waals surface area contributed by atoms with Crippen molar-refractivity contribution in [1.82, 2.24) is 9.55 Å². The van der Waals surface area contributed by atoms with Gasteiger partial charge in [-0.2, -0.15) is 0 Å². The highest BCUT2D eigenvalue weighted by Crippen LogP contribution is 2.29. The normalized spacial score (nSPS) is 11.7. The lowest BCUT2D eigenvalue weighted by Crippen LogP contribution is -2.26. The summed E-state index contributed by atoms with van der Waals surface area (Å²) in [5.41, 5.74) is 4.34. The molecule has 2 aromatic heterocycles. The number of hydrogen-bond acceptors (Lipinski definition) is 3. The van der Waals surface area contributed by atoms with Crippen LogP contribution in [-0.4, -0.2) is 22.6 Å². The van der Waals surface area contributed by atoms with E-state index in [0.717, 1.165) is 61.0 Å². The Kier molecular flexibility index (Phi) is 6.33. The highest BCUT2D eigenvalue weighted by atomic mass is 16.1. The lowest BCUT2D eigenvalue weighted by Gasteiger charge is -2.26. The Morgan fingerprint density at radius 2 is 1.43 bits per heavy atom. The van der Waals surface area contributed by atoms with E-state index in [2.05, 4.69) is 41.3 Å². The Bertz CT molecular complexity index is 1650. The Labute approximate surface area is 205 Å². The summed E-state index contributed by atoms with van der Waals surface area (Å²) in [7, 11) is 0. The van der Waals surface area contributed by atoms with Gasteiger partial charge in [0.15, 0.2) is 10.9 Å². The summed E-state index contributed by atoms with van der Waals surface area (Å²) in [6, 6.07) is 17.5. The zero-order valence-corrected chi connectivity index (χ0v) is 20.9. The van der Waals surface area contributed by atoms with Gasteiger partial charge in [-0.3, -0.25) is 9.59 Å². The summed E-state index contributed by atoms with van der Waals surface area (Å²) < 4.78 is 2.13. The zero-order chi connectivity index (χ0) is 24.5. The van der Waals surface area contributed by atoms with Crippen LogP contribution < -0.4 is 15.8 Å². The summed E-state index contributed by atoms with van der Waals surface area (Å²) in [6.45, 7) is 9.10. The average Bonchev–Trinajstić information content (AvgIpc) is 2.89. The van der Waals surface area contributed by atoms with Gasteiger partial charge in [-0.25, -0.2) is 0 Å². The molecule has 1 N–H and O–H groups in total. The van der Waals surface area contributed by atoms with E-state index in [1.54, 1.807) is 0 Å². The predicted molar refractivity (Wildman–Crippen MR) is 149 cm³/mol. The molecule has 0 fully saturated rings. The number of para-hydroxylation sites is 2. The third-order valence-corrected chi connectivity index (χ3v) is 7.12. The molecular formula is C30H33N3O2. The molecular weight excluding hydrogens is 434 g/mol. The van der Waals surface area contributed by atoms with E-state index in [0.29, 0.717) is 33.6 Å². The summed E-state index contributed by atoms with van der Waals surface area (Å²) >= 11 is 0. The van der Waals surface area contributed by atoms with Crippen LogP contribution in [0.4, 0.5) is 5.69 Å². The van der Waals surface area contributed by atoms with Crippen molar-refractivity contribution in [2.45, 2.75) is 53.0 Å². The van der Waals surface area contributed by atoms with E-state index in [1.807, 2.05) is 48.5 Å². The van der Waals surface area contributed by atoms with E-state index in [9.17, 15) is 9.59 Å². The van der Waals surface area contributed by atoms with Crippen LogP contribution in [0.25, 0.3) is 43.6 Å². The number of unbranched alkanes of at least 4 members (excludes halogenated alkanes) is 2. The molecule has 0 atom stereocenters. The van der Waals surface area contributed by atoms with Crippen molar-refractivity contribution in [1.29, 1.82) is 0 Å². The van der Waals surface area contributed by atoms with Crippen molar-refractivity contribution in [2.24, 2.45) is 0 Å². The average molecular weight is 468 g/mol. The molecule has 0 saturated heterocycles. The van der Waals surface area contributed by atoms with Crippen LogP contribution in [0.1, 0.15) is 46.5 Å². The van der Waals surface area contributed by atoms with E-state index in [4.69, 9.17) is 0 Å². The van der Waals surface area contributed by atoms with Crippen molar-refractivity contribution in [2.75, 3.05) is 18.0 Å². The minimum Gasteiger partial charge on any atom is -0.370 e. The lowest BCUT2D eigenvalue weighted by molar-refractivity contribution is 0.679. The molecule has 0 aliphatic rings. The minimum atomic E-state index is 0.00366. The second-order valence-electron chi connectivity index (χ2n) is 9.35. The predicted octanol–water partition coefficient (Wildman–Crippen LogP) is 6.58. The third-order valence-electron chi connectivity index (χ3n) is 7.12. The molecule has 2 heterocycles. The molecule has 3 aromatic carbocycles. The summed E-state index contributed by atoms with van der Waals surface area (Å²) in [5, 5.41) is 2.65. The Morgan fingerprint density at radius 3 is 2.14 bits per heavy atom. The lowest BCUT2D eigenvalue weighted by atomic mass is 10.0. The van der Waals surface area contributed by atoms with Crippen molar-refractivity contribution in [3.8, 4) is 0 Å². The van der Waals surface area contributed by atoms with Crippen molar-refractivity contribution in [3.63, 3.8) is 0 Å². The molecule has 5 rings (SSSR count). The SMILES string of the molecule is CCCCN(CCCC)c1cccc2c(=O)c3cc4c(cc3[nH]c12)c(=O)c1ccccc1n4CC. The van der Waals surface area contributed by atoms with Gasteiger partial charge in [-0.15, -0.1) is 0 Å². The van der Waals surface area contributed by atoms with Gasteiger partial charge in [0, 0.05) is 41.2 Å². The van der Waals surface area contributed by atoms with Crippen LogP contribution in [0.3, 0.4) is 0 Å². The number of pyridine rings is 2. The Hall–Kier alpha value is -3.60. The first-order valence-corrected chi connectivity index (χ1v) is 12.9. The molecule has 180 valence electrons. The summed E-state index contributed by atoms with van der Waals surface area (Å²) in [6.07, 6.45) is 4.45. The number of hydrogen-bond donors (Lipinski definition) is 1. The zero-order valence-electron chi connectivity index (χ0n) is 20.9. The number of aryl methyl sites for hydroxylation is 1. The topological polar surface area (TPSA) is 58.1 Å². The standard InChI is InChI=1S/C30H33N3O2/c1-4-7-16-32(17-8-5-2)26-15-11-13-21-28(26)31-24-18-23-27(19-22(24)30(21)35)33(6-3)25-14-10-9-12-20(25)29(23)34/h9-15,18-19H,4-8,16-17H2,1-3H3,(H,31,35). The number of anilines is 1. The molecule has 0 aliphatic carbocycles. The maximum atomic E-state index is 13.8. The van der Waals surface area contributed by atoms with Crippen LogP contribution in [0.15, 0.2) is 64.2 Å². The van der Waals surface area contributed by atoms with Crippen LogP contribution >= 0.6 is 0 Å². The first kappa shape index (κ1) is 23.2. The number of fused-ring (bicyclic) bond motifs is 4. The monoisotopic (exact) mass is 467 g/mol. The van der Waals surface area contributed by atoms with Crippen LogP contribution in [0.2, 0.25) is 0 Å². The van der Waals surface area contributed by atoms with Crippen LogP contribution in [0.5, 0.6) is 0 Å². The van der Waals surface area contributed by atoms with E-state index in [1.165, 1.54) is 0 Å². The fourth-order valence-corrected chi connectivity index (χ4v) is 5.26. The highest BCUT2D eigenvalue weighted by Gasteiger charge is 2.16. The molecule has 0 bridgehead atoms. The van der Waals surface area contributed by atoms with Gasteiger partial charge in [0.05, 0.1) is 27.8 Å². The fourth-order valence-electron chi connectivity index (χ4n) is 5.26. The molecule has 35 heavy (non-hydrogen) atoms. The second-order valence-corrected chi connectivity index (χ2v) is 9.35. The molecule has 0 aliphatic heterocycles. The number of nitrogens with zero attached hydrogens (tertiary/aromatic N) is 2. The number of H-pyrrole nitrogens is 1. The molecule has 0 amide bonds. The minimum absolute atomic E-state index is 0.00366. The smallest absolute Gasteiger partial charge is 0.197 e.